The van der Waals surface area contributed by atoms with E-state index < -0.39 is 0 Å². The molecule has 1 saturated carbocycles. The van der Waals surface area contributed by atoms with Crippen molar-refractivity contribution in [3.8, 4) is 0 Å². The second kappa shape index (κ2) is 5.77. The monoisotopic (exact) mass is 266 g/mol. The Hall–Kier alpha value is -0.650. The average Bonchev–Trinajstić information content (AvgIpc) is 3.09. The lowest BCUT2D eigenvalue weighted by atomic mass is 10.1. The molecule has 5 nitrogen and oxygen atoms in total. The van der Waals surface area contributed by atoms with Crippen LogP contribution < -0.4 is 11.1 Å². The highest BCUT2D eigenvalue weighted by molar-refractivity contribution is 5.77. The van der Waals surface area contributed by atoms with E-state index in [0.29, 0.717) is 25.0 Å². The molecule has 2 aliphatic heterocycles. The van der Waals surface area contributed by atoms with Gasteiger partial charge < -0.3 is 11.1 Å². The predicted octanol–water partition coefficient (Wildman–Crippen LogP) is -0.238. The fraction of sp³-hybridized carbons (Fsp3) is 0.929. The number of nitrogens with one attached hydrogen (secondary N) is 1. The Labute approximate surface area is 115 Å². The molecule has 0 aromatic heterocycles. The van der Waals surface area contributed by atoms with Crippen LogP contribution in [0.3, 0.4) is 0 Å². The molecule has 3 rings (SSSR count). The number of hydrogen-bond donors (Lipinski definition) is 2. The third-order valence-corrected chi connectivity index (χ3v) is 4.77. The summed E-state index contributed by atoms with van der Waals surface area (Å²) in [5.74, 6) is 0.187. The first kappa shape index (κ1) is 13.3. The van der Waals surface area contributed by atoms with Crippen LogP contribution in [-0.2, 0) is 4.79 Å². The molecule has 2 saturated heterocycles. The molecule has 1 amide bonds. The van der Waals surface area contributed by atoms with Crippen LogP contribution in [0.15, 0.2) is 0 Å². The minimum Gasteiger partial charge on any atom is -0.353 e. The van der Waals surface area contributed by atoms with E-state index in [1.165, 1.54) is 19.4 Å². The van der Waals surface area contributed by atoms with E-state index in [1.807, 2.05) is 0 Å². The van der Waals surface area contributed by atoms with Gasteiger partial charge in [-0.25, -0.2) is 0 Å². The van der Waals surface area contributed by atoms with E-state index in [2.05, 4.69) is 15.1 Å². The maximum atomic E-state index is 11.9. The molecule has 3 N–H and O–H groups in total. The zero-order valence-electron chi connectivity index (χ0n) is 11.7. The number of amides is 1. The zero-order valence-corrected chi connectivity index (χ0v) is 11.7. The number of carbonyl (C=O) groups is 1. The predicted molar refractivity (Wildman–Crippen MR) is 74.8 cm³/mol. The molecule has 0 radical (unpaired) electrons. The van der Waals surface area contributed by atoms with Gasteiger partial charge in [-0.1, -0.05) is 0 Å². The molecule has 2 atom stereocenters. The Kier molecular flexibility index (Phi) is 4.05. The second-order valence-electron chi connectivity index (χ2n) is 6.26. The molecular weight excluding hydrogens is 240 g/mol. The Morgan fingerprint density at radius 3 is 2.84 bits per heavy atom. The van der Waals surface area contributed by atoms with Crippen molar-refractivity contribution in [1.29, 1.82) is 0 Å². The van der Waals surface area contributed by atoms with E-state index in [0.717, 1.165) is 32.5 Å². The summed E-state index contributed by atoms with van der Waals surface area (Å²) in [7, 11) is 0. The summed E-state index contributed by atoms with van der Waals surface area (Å²) in [4.78, 5) is 17.0. The third-order valence-electron chi connectivity index (χ3n) is 4.77. The number of piperazine rings is 1. The van der Waals surface area contributed by atoms with Gasteiger partial charge in [0.2, 0.25) is 5.91 Å². The molecule has 108 valence electrons. The summed E-state index contributed by atoms with van der Waals surface area (Å²) in [6.45, 7) is 5.15. The van der Waals surface area contributed by atoms with Gasteiger partial charge >= 0.3 is 0 Å². The van der Waals surface area contributed by atoms with Crippen molar-refractivity contribution in [3.63, 3.8) is 0 Å². The number of nitrogens with two attached hydrogens (primary N) is 1. The molecule has 0 aromatic rings. The molecule has 3 fully saturated rings. The van der Waals surface area contributed by atoms with Gasteiger partial charge in [0.15, 0.2) is 0 Å². The lowest BCUT2D eigenvalue weighted by Gasteiger charge is -2.41. The molecule has 3 aliphatic rings. The fourth-order valence-electron chi connectivity index (χ4n) is 3.44. The van der Waals surface area contributed by atoms with E-state index in [1.54, 1.807) is 0 Å². The molecule has 19 heavy (non-hydrogen) atoms. The van der Waals surface area contributed by atoms with Crippen LogP contribution in [0.4, 0.5) is 0 Å². The Morgan fingerprint density at radius 1 is 1.26 bits per heavy atom. The Morgan fingerprint density at radius 2 is 2.11 bits per heavy atom. The highest BCUT2D eigenvalue weighted by atomic mass is 16.1. The number of hydrogen-bond acceptors (Lipinski definition) is 4. The topological polar surface area (TPSA) is 61.6 Å². The van der Waals surface area contributed by atoms with Gasteiger partial charge in [-0.15, -0.1) is 0 Å². The van der Waals surface area contributed by atoms with Crippen LogP contribution in [0.2, 0.25) is 0 Å². The highest BCUT2D eigenvalue weighted by Gasteiger charge is 2.34. The van der Waals surface area contributed by atoms with Gasteiger partial charge in [-0.2, -0.15) is 0 Å². The molecule has 5 heteroatoms. The summed E-state index contributed by atoms with van der Waals surface area (Å²) in [6.07, 6.45) is 5.51. The lowest BCUT2D eigenvalue weighted by Crippen LogP contribution is -2.56. The van der Waals surface area contributed by atoms with Crippen molar-refractivity contribution in [3.05, 3.63) is 0 Å². The van der Waals surface area contributed by atoms with E-state index in [-0.39, 0.29) is 11.9 Å². The van der Waals surface area contributed by atoms with Crippen LogP contribution >= 0.6 is 0 Å². The molecule has 2 unspecified atom stereocenters. The van der Waals surface area contributed by atoms with Crippen LogP contribution in [-0.4, -0.2) is 66.6 Å². The van der Waals surface area contributed by atoms with Gasteiger partial charge in [0.05, 0.1) is 0 Å². The van der Waals surface area contributed by atoms with Gasteiger partial charge in [0.1, 0.15) is 0 Å². The Bertz CT molecular complexity index is 331. The van der Waals surface area contributed by atoms with E-state index in [4.69, 9.17) is 5.73 Å². The number of carbonyl (C=O) groups excluding carboxylic acids is 1. The maximum absolute atomic E-state index is 11.9. The van der Waals surface area contributed by atoms with Crippen LogP contribution in [0, 0.1) is 0 Å². The summed E-state index contributed by atoms with van der Waals surface area (Å²) in [5, 5.41) is 3.07. The minimum absolute atomic E-state index is 0.187. The van der Waals surface area contributed by atoms with Crippen molar-refractivity contribution in [2.75, 3.05) is 32.7 Å². The van der Waals surface area contributed by atoms with Crippen LogP contribution in [0.5, 0.6) is 0 Å². The molecule has 0 spiro atoms. The van der Waals surface area contributed by atoms with Gasteiger partial charge in [0.25, 0.3) is 0 Å². The quantitative estimate of drug-likeness (QED) is 0.721. The maximum Gasteiger partial charge on any atom is 0.221 e. The summed E-state index contributed by atoms with van der Waals surface area (Å²) in [5.41, 5.74) is 5.90. The summed E-state index contributed by atoms with van der Waals surface area (Å²) in [6, 6.07) is 1.38. The number of fused-ring (bicyclic) bond motifs is 1. The molecular formula is C14H26N4O. The lowest BCUT2D eigenvalue weighted by molar-refractivity contribution is -0.122. The number of rotatable bonds is 5. The van der Waals surface area contributed by atoms with Crippen molar-refractivity contribution in [2.24, 2.45) is 5.73 Å². The summed E-state index contributed by atoms with van der Waals surface area (Å²) < 4.78 is 0. The fourth-order valence-corrected chi connectivity index (χ4v) is 3.44. The average molecular weight is 266 g/mol. The smallest absolute Gasteiger partial charge is 0.221 e. The summed E-state index contributed by atoms with van der Waals surface area (Å²) >= 11 is 0. The second-order valence-corrected chi connectivity index (χ2v) is 6.26. The normalized spacial score (nSPS) is 30.1. The van der Waals surface area contributed by atoms with Crippen molar-refractivity contribution in [2.45, 2.75) is 50.2 Å². The van der Waals surface area contributed by atoms with Crippen LogP contribution in [0.1, 0.15) is 32.1 Å². The molecule has 0 bridgehead atoms. The largest absolute Gasteiger partial charge is 0.353 e. The SMILES string of the molecule is NCC(CC(=O)NC1CC1)N1CCN2CCCC2C1. The van der Waals surface area contributed by atoms with Gasteiger partial charge in [0, 0.05) is 50.7 Å². The first-order valence-corrected chi connectivity index (χ1v) is 7.74. The molecule has 2 heterocycles. The van der Waals surface area contributed by atoms with Gasteiger partial charge in [-0.05, 0) is 32.2 Å². The van der Waals surface area contributed by atoms with E-state index >= 15 is 0 Å². The van der Waals surface area contributed by atoms with Crippen molar-refractivity contribution in [1.82, 2.24) is 15.1 Å². The first-order valence-electron chi connectivity index (χ1n) is 7.74. The molecule has 1 aliphatic carbocycles. The molecule has 0 aromatic carbocycles. The highest BCUT2D eigenvalue weighted by Crippen LogP contribution is 2.23. The first-order chi connectivity index (χ1) is 9.26. The zero-order chi connectivity index (χ0) is 13.2. The van der Waals surface area contributed by atoms with Crippen molar-refractivity contribution >= 4 is 5.91 Å². The Balaban J connectivity index is 1.51. The van der Waals surface area contributed by atoms with Crippen LogP contribution in [0.25, 0.3) is 0 Å². The third kappa shape index (κ3) is 3.27. The minimum atomic E-state index is 0.187. The number of nitrogens with zero attached hydrogens (tertiary/aromatic N) is 2. The van der Waals surface area contributed by atoms with E-state index in [9.17, 15) is 4.79 Å². The van der Waals surface area contributed by atoms with Gasteiger partial charge in [-0.3, -0.25) is 14.6 Å². The van der Waals surface area contributed by atoms with Crippen molar-refractivity contribution < 1.29 is 4.79 Å². The standard InChI is InChI=1S/C14H26N4O/c15-9-13(8-14(19)16-11-3-4-11)18-7-6-17-5-1-2-12(17)10-18/h11-13H,1-10,15H2,(H,16,19).